The summed E-state index contributed by atoms with van der Waals surface area (Å²) in [4.78, 5) is 60.3. The van der Waals surface area contributed by atoms with Gasteiger partial charge in [0.05, 0.1) is 50.2 Å². The average Bonchev–Trinajstić information content (AvgIpc) is 4.07. The van der Waals surface area contributed by atoms with Gasteiger partial charge in [0.2, 0.25) is 0 Å². The number of imidazole rings is 1. The predicted molar refractivity (Wildman–Crippen MR) is 222 cm³/mol. The number of carbonyl (C=O) groups is 4. The molecule has 1 saturated heterocycles. The molecule has 59 heavy (non-hydrogen) atoms. The summed E-state index contributed by atoms with van der Waals surface area (Å²) in [5.41, 5.74) is 4.55. The number of rotatable bonds is 11. The number of hydrogen-bond donors (Lipinski definition) is 4. The van der Waals surface area contributed by atoms with Crippen molar-refractivity contribution in [2.24, 2.45) is 23.8 Å². The molecule has 2 saturated carbocycles. The molecule has 2 aliphatic carbocycles. The first-order chi connectivity index (χ1) is 28.3. The van der Waals surface area contributed by atoms with Gasteiger partial charge in [-0.3, -0.25) is 33.7 Å². The molecule has 14 nitrogen and oxygen atoms in total. The molecule has 1 unspecified atom stereocenters. The normalized spacial score (nSPS) is 25.1. The van der Waals surface area contributed by atoms with Crippen molar-refractivity contribution in [1.29, 1.82) is 0 Å². The van der Waals surface area contributed by atoms with Crippen LogP contribution in [0.15, 0.2) is 42.5 Å². The molecular formula is C43H48Cl2N8O6. The lowest BCUT2D eigenvalue weighted by Gasteiger charge is -2.32. The van der Waals surface area contributed by atoms with Gasteiger partial charge in [0, 0.05) is 56.5 Å². The lowest BCUT2D eigenvalue weighted by molar-refractivity contribution is -0.148. The lowest BCUT2D eigenvalue weighted by atomic mass is 9.80. The monoisotopic (exact) mass is 842 g/mol. The van der Waals surface area contributed by atoms with E-state index in [1.54, 1.807) is 42.5 Å². The van der Waals surface area contributed by atoms with Crippen LogP contribution in [-0.2, 0) is 36.1 Å². The number of benzene rings is 2. The predicted octanol–water partition coefficient (Wildman–Crippen LogP) is 7.12. The van der Waals surface area contributed by atoms with Crippen molar-refractivity contribution in [3.63, 3.8) is 0 Å². The maximum absolute atomic E-state index is 13.8. The fourth-order valence-corrected chi connectivity index (χ4v) is 11.1. The molecule has 0 spiro atoms. The number of nitrogens with zero attached hydrogens (tertiary/aromatic N) is 6. The summed E-state index contributed by atoms with van der Waals surface area (Å²) in [5.74, 6) is -2.32. The highest BCUT2D eigenvalue weighted by molar-refractivity contribution is 6.40. The molecule has 3 aliphatic heterocycles. The molecule has 2 atom stereocenters. The number of likely N-dealkylation sites (tertiary alicyclic amines) is 1. The Balaban J connectivity index is 0.863. The van der Waals surface area contributed by atoms with E-state index >= 15 is 0 Å². The summed E-state index contributed by atoms with van der Waals surface area (Å²) >= 11 is 13.9. The smallest absolute Gasteiger partial charge is 0.309 e. The molecule has 9 rings (SSSR count). The third-order valence-electron chi connectivity index (χ3n) is 14.0. The molecule has 3 fully saturated rings. The quantitative estimate of drug-likeness (QED) is 0.122. The van der Waals surface area contributed by atoms with Crippen LogP contribution in [0.3, 0.4) is 0 Å². The number of carboxylic acid groups (broad SMARTS) is 2. The van der Waals surface area contributed by atoms with E-state index in [2.05, 4.69) is 25.5 Å². The Morgan fingerprint density at radius 1 is 0.898 bits per heavy atom. The van der Waals surface area contributed by atoms with E-state index in [0.717, 1.165) is 88.0 Å². The molecule has 2 aromatic heterocycles. The number of amides is 2. The number of carbonyl (C=O) groups excluding carboxylic acids is 2. The first-order valence-corrected chi connectivity index (χ1v) is 21.3. The number of aliphatic carboxylic acids is 2. The van der Waals surface area contributed by atoms with Gasteiger partial charge in [-0.15, -0.1) is 0 Å². The minimum absolute atomic E-state index is 0.000943. The number of carboxylic acids is 2. The molecule has 310 valence electrons. The summed E-state index contributed by atoms with van der Waals surface area (Å²) < 4.78 is 3.71. The Morgan fingerprint density at radius 2 is 1.59 bits per heavy atom. The number of hydrogen-bond acceptors (Lipinski definition) is 8. The number of nitrogens with one attached hydrogen (secondary N) is 2. The Bertz CT molecular complexity index is 2370. The average molecular weight is 844 g/mol. The number of anilines is 2. The van der Waals surface area contributed by atoms with Gasteiger partial charge < -0.3 is 25.4 Å². The third-order valence-corrected chi connectivity index (χ3v) is 14.8. The second kappa shape index (κ2) is 15.4. The van der Waals surface area contributed by atoms with E-state index in [0.29, 0.717) is 55.1 Å². The van der Waals surface area contributed by atoms with Gasteiger partial charge in [-0.2, -0.15) is 5.10 Å². The highest BCUT2D eigenvalue weighted by Crippen LogP contribution is 2.63. The molecule has 2 aromatic carbocycles. The Labute approximate surface area is 351 Å². The zero-order chi connectivity index (χ0) is 41.2. The second-order valence-electron chi connectivity index (χ2n) is 17.3. The van der Waals surface area contributed by atoms with Gasteiger partial charge in [-0.05, 0) is 94.5 Å². The topological polar surface area (TPSA) is 175 Å². The van der Waals surface area contributed by atoms with Crippen LogP contribution in [0.1, 0.15) is 102 Å². The van der Waals surface area contributed by atoms with Crippen molar-refractivity contribution in [3.05, 3.63) is 81.1 Å². The van der Waals surface area contributed by atoms with Gasteiger partial charge in [-0.1, -0.05) is 47.5 Å². The molecule has 16 heteroatoms. The first-order valence-electron chi connectivity index (χ1n) is 20.6. The van der Waals surface area contributed by atoms with E-state index < -0.39 is 29.2 Å². The SMILES string of the molecule is Cn1c(C(=O)Nc2cccc(-c3cccc(NC(=O)c4cc5n(n4)CCCC5N4CC[C@@H](C(=O)O)C4)c3Cl)c2Cl)nc2c1CCN(CCC13CCC(C(=O)O)(CC1)C3)C2. The molecule has 0 radical (unpaired) electrons. The maximum Gasteiger partial charge on any atom is 0.309 e. The second-order valence-corrected chi connectivity index (χ2v) is 18.1. The van der Waals surface area contributed by atoms with Crippen LogP contribution < -0.4 is 10.6 Å². The van der Waals surface area contributed by atoms with E-state index in [1.807, 2.05) is 16.3 Å². The van der Waals surface area contributed by atoms with Crippen LogP contribution >= 0.6 is 23.2 Å². The van der Waals surface area contributed by atoms with Gasteiger partial charge in [0.25, 0.3) is 11.8 Å². The fourth-order valence-electron chi connectivity index (χ4n) is 10.6. The van der Waals surface area contributed by atoms with Crippen molar-refractivity contribution in [2.75, 3.05) is 36.8 Å². The standard InChI is InChI=1S/C43H48Cl2N8O6/c1-50-32-11-18-51(20-16-42-12-14-43(24-42,15-13-42)41(58)59)23-31(32)46-37(50)39(55)48-29-8-3-6-27(36(29)45)26-5-2-7-28(35(26)44)47-38(54)30-21-34-33(9-4-17-53(34)49-30)52-19-10-25(22-52)40(56)57/h2-3,5-8,21,25,33H,4,9-20,22-24H2,1H3,(H,47,54)(H,48,55)(H,56,57)(H,58,59)/t25-,33?,42?,43?/m1/s1. The summed E-state index contributed by atoms with van der Waals surface area (Å²) in [7, 11) is 1.86. The zero-order valence-electron chi connectivity index (χ0n) is 33.0. The van der Waals surface area contributed by atoms with Gasteiger partial charge in [0.1, 0.15) is 0 Å². The highest BCUT2D eigenvalue weighted by Gasteiger charge is 2.57. The minimum Gasteiger partial charge on any atom is -0.481 e. The van der Waals surface area contributed by atoms with Crippen LogP contribution in [0, 0.1) is 16.7 Å². The zero-order valence-corrected chi connectivity index (χ0v) is 34.5. The lowest BCUT2D eigenvalue weighted by Crippen LogP contribution is -2.34. The van der Waals surface area contributed by atoms with Crippen LogP contribution in [0.5, 0.6) is 0 Å². The maximum atomic E-state index is 13.8. The number of halogens is 2. The van der Waals surface area contributed by atoms with Crippen molar-refractivity contribution >= 4 is 58.3 Å². The van der Waals surface area contributed by atoms with E-state index in [1.165, 1.54) is 0 Å². The van der Waals surface area contributed by atoms with E-state index in [4.69, 9.17) is 28.2 Å². The minimum atomic E-state index is -0.776. The molecule has 4 N–H and O–H groups in total. The van der Waals surface area contributed by atoms with Gasteiger partial charge >= 0.3 is 11.9 Å². The Kier molecular flexibility index (Phi) is 10.3. The number of fused-ring (bicyclic) bond motifs is 4. The van der Waals surface area contributed by atoms with E-state index in [-0.39, 0.29) is 38.9 Å². The first kappa shape index (κ1) is 39.7. The highest BCUT2D eigenvalue weighted by atomic mass is 35.5. The van der Waals surface area contributed by atoms with Crippen molar-refractivity contribution in [3.8, 4) is 11.1 Å². The summed E-state index contributed by atoms with van der Waals surface area (Å²) in [5, 5.41) is 30.4. The van der Waals surface area contributed by atoms with Gasteiger partial charge in [-0.25, -0.2) is 4.98 Å². The summed E-state index contributed by atoms with van der Waals surface area (Å²) in [6.07, 6.45) is 8.42. The summed E-state index contributed by atoms with van der Waals surface area (Å²) in [6, 6.07) is 12.4. The fraction of sp³-hybridized carbons (Fsp3) is 0.488. The number of aryl methyl sites for hydroxylation is 1. The van der Waals surface area contributed by atoms with Crippen LogP contribution in [0.25, 0.3) is 11.1 Å². The van der Waals surface area contributed by atoms with Crippen LogP contribution in [0.4, 0.5) is 11.4 Å². The van der Waals surface area contributed by atoms with Crippen LogP contribution in [0.2, 0.25) is 10.0 Å². The largest absolute Gasteiger partial charge is 0.481 e. The van der Waals surface area contributed by atoms with Crippen molar-refractivity contribution in [1.82, 2.24) is 29.1 Å². The molecule has 5 aliphatic rings. The molecular weight excluding hydrogens is 795 g/mol. The van der Waals surface area contributed by atoms with Crippen molar-refractivity contribution < 1.29 is 29.4 Å². The van der Waals surface area contributed by atoms with Crippen molar-refractivity contribution in [2.45, 2.75) is 83.3 Å². The van der Waals surface area contributed by atoms with Crippen LogP contribution in [-0.4, -0.2) is 89.3 Å². The summed E-state index contributed by atoms with van der Waals surface area (Å²) in [6.45, 7) is 4.21. The molecule has 2 bridgehead atoms. The number of aromatic nitrogens is 4. The van der Waals surface area contributed by atoms with E-state index in [9.17, 15) is 29.4 Å². The Hall–Kier alpha value is -4.76. The third kappa shape index (κ3) is 7.21. The molecule has 5 heterocycles. The Morgan fingerprint density at radius 3 is 2.24 bits per heavy atom. The molecule has 4 aromatic rings. The van der Waals surface area contributed by atoms with Gasteiger partial charge in [0.15, 0.2) is 11.5 Å². The molecule has 2 amide bonds.